The van der Waals surface area contributed by atoms with E-state index in [9.17, 15) is 5.11 Å². The number of aromatic hydroxyl groups is 1. The van der Waals surface area contributed by atoms with E-state index >= 15 is 0 Å². The average molecular weight is 760 g/mol. The van der Waals surface area contributed by atoms with Crippen molar-refractivity contribution in [2.75, 3.05) is 0 Å². The third kappa shape index (κ3) is 7.11. The van der Waals surface area contributed by atoms with Crippen molar-refractivity contribution in [3.05, 3.63) is 219 Å². The first kappa shape index (κ1) is 35.3. The normalized spacial score (nSPS) is 11.1. The molecule has 6 heteroatoms. The van der Waals surface area contributed by atoms with Crippen molar-refractivity contribution in [1.82, 2.24) is 24.5 Å². The maximum atomic E-state index is 10.1. The van der Waals surface area contributed by atoms with E-state index in [1.807, 2.05) is 82.6 Å². The van der Waals surface area contributed by atoms with Crippen LogP contribution in [-0.2, 0) is 0 Å². The molecule has 0 fully saturated rings. The van der Waals surface area contributed by atoms with Crippen molar-refractivity contribution in [2.45, 2.75) is 0 Å². The van der Waals surface area contributed by atoms with Gasteiger partial charge in [-0.2, -0.15) is 10.2 Å². The summed E-state index contributed by atoms with van der Waals surface area (Å²) in [6.07, 6.45) is 10.0. The van der Waals surface area contributed by atoms with E-state index in [0.29, 0.717) is 0 Å². The Bertz CT molecular complexity index is 2920. The Hall–Kier alpha value is -8.09. The molecule has 10 rings (SSSR count). The Balaban J connectivity index is 1.13. The van der Waals surface area contributed by atoms with Crippen LogP contribution in [0.1, 0.15) is 0 Å². The lowest BCUT2D eigenvalue weighted by atomic mass is 9.87. The van der Waals surface area contributed by atoms with Gasteiger partial charge in [0.05, 0.1) is 29.5 Å². The average Bonchev–Trinajstić information content (AvgIpc) is 4.02. The summed E-state index contributed by atoms with van der Waals surface area (Å²) in [4.78, 5) is 4.84. The summed E-state index contributed by atoms with van der Waals surface area (Å²) in [6, 6.07) is 64.3. The second-order valence-corrected chi connectivity index (χ2v) is 14.4. The van der Waals surface area contributed by atoms with Gasteiger partial charge in [-0.25, -0.2) is 9.36 Å². The van der Waals surface area contributed by atoms with Gasteiger partial charge in [0.15, 0.2) is 0 Å². The van der Waals surface area contributed by atoms with E-state index in [2.05, 4.69) is 134 Å². The number of benzene rings is 7. The van der Waals surface area contributed by atoms with Crippen LogP contribution in [0, 0.1) is 0 Å². The van der Waals surface area contributed by atoms with Gasteiger partial charge in [-0.05, 0) is 111 Å². The highest BCUT2D eigenvalue weighted by Gasteiger charge is 2.18. The quantitative estimate of drug-likeness (QED) is 0.159. The summed E-state index contributed by atoms with van der Waals surface area (Å²) in [5, 5.41) is 19.6. The predicted octanol–water partition coefficient (Wildman–Crippen LogP) is 12.8. The molecule has 0 spiro atoms. The van der Waals surface area contributed by atoms with Crippen LogP contribution in [0.25, 0.3) is 89.4 Å². The lowest BCUT2D eigenvalue weighted by Gasteiger charge is -2.17. The fourth-order valence-electron chi connectivity index (χ4n) is 7.81. The standard InChI is InChI=1S/C53H37N5O/c59-46-19-13-14-37(31-46)53-27-26-38(32-54-53)47-20-7-8-21-48(47)39-28-40(49-22-9-11-24-51(49)42-33-55-57(35-42)44-15-3-1-4-16-44)30-41(29-39)50-23-10-12-25-52(50)43-34-56-58(36-43)45-17-5-2-6-18-45/h1-36,59H. The highest BCUT2D eigenvalue weighted by Crippen LogP contribution is 2.42. The van der Waals surface area contributed by atoms with Crippen LogP contribution in [0.5, 0.6) is 5.75 Å². The number of hydrogen-bond acceptors (Lipinski definition) is 4. The molecule has 6 nitrogen and oxygen atoms in total. The molecule has 3 heterocycles. The van der Waals surface area contributed by atoms with Crippen molar-refractivity contribution in [3.63, 3.8) is 0 Å². The number of aromatic nitrogens is 5. The second kappa shape index (κ2) is 15.4. The fraction of sp³-hybridized carbons (Fsp3) is 0. The van der Waals surface area contributed by atoms with Crippen LogP contribution in [-0.4, -0.2) is 29.7 Å². The molecule has 10 aromatic rings. The summed E-state index contributed by atoms with van der Waals surface area (Å²) in [6.45, 7) is 0. The van der Waals surface area contributed by atoms with E-state index in [4.69, 9.17) is 15.2 Å². The Kier molecular flexibility index (Phi) is 9.25. The topological polar surface area (TPSA) is 68.8 Å². The third-order valence-corrected chi connectivity index (χ3v) is 10.7. The zero-order chi connectivity index (χ0) is 39.5. The van der Waals surface area contributed by atoms with Gasteiger partial charge in [0.25, 0.3) is 0 Å². The number of phenols is 1. The first-order valence-corrected chi connectivity index (χ1v) is 19.5. The number of rotatable bonds is 9. The number of para-hydroxylation sites is 2. The maximum absolute atomic E-state index is 10.1. The van der Waals surface area contributed by atoms with Crippen molar-refractivity contribution in [1.29, 1.82) is 0 Å². The largest absolute Gasteiger partial charge is 0.508 e. The zero-order valence-electron chi connectivity index (χ0n) is 32.0. The number of hydrogen-bond donors (Lipinski definition) is 1. The minimum atomic E-state index is 0.215. The monoisotopic (exact) mass is 759 g/mol. The van der Waals surface area contributed by atoms with Gasteiger partial charge in [-0.15, -0.1) is 0 Å². The summed E-state index contributed by atoms with van der Waals surface area (Å²) in [7, 11) is 0. The van der Waals surface area contributed by atoms with Crippen molar-refractivity contribution < 1.29 is 5.11 Å². The molecule has 0 amide bonds. The van der Waals surface area contributed by atoms with Crippen LogP contribution in [0.3, 0.4) is 0 Å². The molecule has 0 aliphatic rings. The summed E-state index contributed by atoms with van der Waals surface area (Å²) in [5.74, 6) is 0.215. The Morgan fingerprint density at radius 1 is 0.322 bits per heavy atom. The molecule has 0 unspecified atom stereocenters. The van der Waals surface area contributed by atoms with Crippen LogP contribution in [0.4, 0.5) is 0 Å². The van der Waals surface area contributed by atoms with Crippen LogP contribution >= 0.6 is 0 Å². The van der Waals surface area contributed by atoms with E-state index in [1.165, 1.54) is 0 Å². The van der Waals surface area contributed by atoms with E-state index in [0.717, 1.165) is 89.4 Å². The highest BCUT2D eigenvalue weighted by molar-refractivity contribution is 5.94. The zero-order valence-corrected chi connectivity index (χ0v) is 32.0. The van der Waals surface area contributed by atoms with Gasteiger partial charge < -0.3 is 5.11 Å². The molecular formula is C53H37N5O. The van der Waals surface area contributed by atoms with Crippen LogP contribution in [0.2, 0.25) is 0 Å². The highest BCUT2D eigenvalue weighted by atomic mass is 16.3. The predicted molar refractivity (Wildman–Crippen MR) is 238 cm³/mol. The molecule has 7 aromatic carbocycles. The SMILES string of the molecule is Oc1cccc(-c2ccc(-c3ccccc3-c3cc(-c4ccccc4-c4cnn(-c5ccccc5)c4)cc(-c4ccccc4-c4cnn(-c5ccccc5)c4)c3)cn2)c1. The number of nitrogens with zero attached hydrogens (tertiary/aromatic N) is 5. The number of pyridine rings is 1. The van der Waals surface area contributed by atoms with E-state index in [1.54, 1.807) is 12.1 Å². The van der Waals surface area contributed by atoms with Crippen molar-refractivity contribution in [3.8, 4) is 95.1 Å². The lowest BCUT2D eigenvalue weighted by Crippen LogP contribution is -1.93. The molecule has 0 aliphatic heterocycles. The van der Waals surface area contributed by atoms with Crippen molar-refractivity contribution in [2.24, 2.45) is 0 Å². The molecule has 0 aliphatic carbocycles. The van der Waals surface area contributed by atoms with E-state index < -0.39 is 0 Å². The molecule has 0 radical (unpaired) electrons. The van der Waals surface area contributed by atoms with E-state index in [-0.39, 0.29) is 5.75 Å². The molecule has 1 N–H and O–H groups in total. The molecule has 280 valence electrons. The smallest absolute Gasteiger partial charge is 0.116 e. The van der Waals surface area contributed by atoms with Gasteiger partial charge in [-0.1, -0.05) is 127 Å². The minimum Gasteiger partial charge on any atom is -0.508 e. The molecule has 59 heavy (non-hydrogen) atoms. The first-order valence-electron chi connectivity index (χ1n) is 19.5. The summed E-state index contributed by atoms with van der Waals surface area (Å²) in [5.41, 5.74) is 16.5. The van der Waals surface area contributed by atoms with Gasteiger partial charge in [0.2, 0.25) is 0 Å². The lowest BCUT2D eigenvalue weighted by molar-refractivity contribution is 0.475. The maximum Gasteiger partial charge on any atom is 0.116 e. The van der Waals surface area contributed by atoms with Gasteiger partial charge in [-0.3, -0.25) is 4.98 Å². The van der Waals surface area contributed by atoms with Crippen molar-refractivity contribution >= 4 is 0 Å². The minimum absolute atomic E-state index is 0.215. The fourth-order valence-corrected chi connectivity index (χ4v) is 7.81. The summed E-state index contributed by atoms with van der Waals surface area (Å²) < 4.78 is 3.85. The third-order valence-electron chi connectivity index (χ3n) is 10.7. The molecule has 3 aromatic heterocycles. The Morgan fingerprint density at radius 3 is 1.17 bits per heavy atom. The Morgan fingerprint density at radius 2 is 0.746 bits per heavy atom. The number of phenolic OH excluding ortho intramolecular Hbond substituents is 1. The molecular weight excluding hydrogens is 723 g/mol. The summed E-state index contributed by atoms with van der Waals surface area (Å²) >= 11 is 0. The molecule has 0 bridgehead atoms. The van der Waals surface area contributed by atoms with Gasteiger partial charge >= 0.3 is 0 Å². The van der Waals surface area contributed by atoms with Gasteiger partial charge in [0, 0.05) is 40.8 Å². The van der Waals surface area contributed by atoms with Crippen LogP contribution < -0.4 is 0 Å². The molecule has 0 saturated carbocycles. The van der Waals surface area contributed by atoms with Gasteiger partial charge in [0.1, 0.15) is 5.75 Å². The van der Waals surface area contributed by atoms with Crippen LogP contribution in [0.15, 0.2) is 219 Å². The first-order chi connectivity index (χ1) is 29.1. The Labute approximate surface area is 342 Å². The second-order valence-electron chi connectivity index (χ2n) is 14.4. The molecule has 0 atom stereocenters. The molecule has 0 saturated heterocycles.